The monoisotopic (exact) mass is 616 g/mol. The van der Waals surface area contributed by atoms with E-state index in [9.17, 15) is 24.0 Å². The maximum Gasteiger partial charge on any atom is 0.424 e. The Labute approximate surface area is 259 Å². The highest BCUT2D eigenvalue weighted by Gasteiger charge is 2.37. The molecule has 4 aromatic rings. The molecule has 5 amide bonds. The highest BCUT2D eigenvalue weighted by Crippen LogP contribution is 2.21. The number of amides is 5. The number of ether oxygens (including phenoxy) is 1. The second-order valence-electron chi connectivity index (χ2n) is 10.9. The Hall–Kier alpha value is -5.56. The highest BCUT2D eigenvalue weighted by atomic mass is 16.6. The van der Waals surface area contributed by atoms with Crippen molar-refractivity contribution in [2.75, 3.05) is 0 Å². The van der Waals surface area contributed by atoms with Crippen molar-refractivity contribution in [1.29, 1.82) is 0 Å². The number of carboxylic acid groups (broad SMARTS) is 1. The number of hydrogen-bond acceptors (Lipinski definition) is 8. The molecule has 0 bridgehead atoms. The minimum Gasteiger partial charge on any atom is -0.481 e. The van der Waals surface area contributed by atoms with Crippen molar-refractivity contribution in [2.45, 2.75) is 51.7 Å². The number of aromatic nitrogens is 2. The third-order valence-corrected chi connectivity index (χ3v) is 6.16. The quantitative estimate of drug-likeness (QED) is 0.112. The molecule has 4 rings (SSSR count). The number of aliphatic carboxylic acids is 1. The van der Waals surface area contributed by atoms with Gasteiger partial charge in [0.2, 0.25) is 5.91 Å². The zero-order valence-electron chi connectivity index (χ0n) is 25.2. The van der Waals surface area contributed by atoms with Gasteiger partial charge in [-0.25, -0.2) is 15.4 Å². The molecule has 6 N–H and O–H groups in total. The van der Waals surface area contributed by atoms with E-state index in [1.165, 1.54) is 0 Å². The van der Waals surface area contributed by atoms with Crippen molar-refractivity contribution in [1.82, 2.24) is 25.6 Å². The summed E-state index contributed by atoms with van der Waals surface area (Å²) in [5.74, 6) is 2.67. The summed E-state index contributed by atoms with van der Waals surface area (Å²) in [6, 6.07) is 17.4. The fourth-order valence-corrected chi connectivity index (χ4v) is 4.23. The van der Waals surface area contributed by atoms with Crippen LogP contribution in [-0.2, 0) is 38.4 Å². The van der Waals surface area contributed by atoms with Crippen molar-refractivity contribution >= 4 is 40.8 Å². The van der Waals surface area contributed by atoms with Gasteiger partial charge in [-0.05, 0) is 49.6 Å². The molecule has 2 aromatic carbocycles. The number of carbonyl (C=O) groups is 5. The molecule has 0 unspecified atom stereocenters. The molecule has 13 heteroatoms. The molecule has 0 saturated heterocycles. The van der Waals surface area contributed by atoms with E-state index in [0.717, 1.165) is 16.5 Å². The summed E-state index contributed by atoms with van der Waals surface area (Å²) in [7, 11) is 0. The van der Waals surface area contributed by atoms with Gasteiger partial charge in [0.05, 0.1) is 12.8 Å². The summed E-state index contributed by atoms with van der Waals surface area (Å²) in [5.41, 5.74) is 3.83. The number of nitrogens with one attached hydrogen (secondary N) is 3. The van der Waals surface area contributed by atoms with Gasteiger partial charge in [-0.2, -0.15) is 4.90 Å². The predicted molar refractivity (Wildman–Crippen MR) is 165 cm³/mol. The van der Waals surface area contributed by atoms with Crippen LogP contribution in [-0.4, -0.2) is 61.5 Å². The molecule has 13 nitrogen and oxygen atoms in total. The molecule has 0 aliphatic rings. The number of H-pyrrole nitrogens is 1. The second kappa shape index (κ2) is 15.8. The van der Waals surface area contributed by atoms with Crippen LogP contribution >= 0.6 is 0 Å². The lowest BCUT2D eigenvalue weighted by Crippen LogP contribution is -2.57. The SMILES string of the molecule is CC(C)(C)OC(=O)N(C(=O)Cc1ccccc1)C(=O)[C@@H](Cc1c[nH]c2ccccc12)NC(=O)NN.O=C(O)Cc1cccnc1. The van der Waals surface area contributed by atoms with Crippen LogP contribution in [0.3, 0.4) is 0 Å². The zero-order valence-corrected chi connectivity index (χ0v) is 25.2. The Bertz CT molecular complexity index is 1620. The van der Waals surface area contributed by atoms with Crippen LogP contribution in [0.1, 0.15) is 37.5 Å². The van der Waals surface area contributed by atoms with Crippen LogP contribution in [0.2, 0.25) is 0 Å². The van der Waals surface area contributed by atoms with E-state index >= 15 is 0 Å². The van der Waals surface area contributed by atoms with Crippen molar-refractivity contribution in [2.24, 2.45) is 5.84 Å². The zero-order chi connectivity index (χ0) is 33.0. The van der Waals surface area contributed by atoms with Gasteiger partial charge < -0.3 is 20.1 Å². The number of hydrazine groups is 1. The summed E-state index contributed by atoms with van der Waals surface area (Å²) in [5, 5.41) is 11.6. The average Bonchev–Trinajstić information content (AvgIpc) is 3.39. The first-order valence-corrected chi connectivity index (χ1v) is 13.9. The maximum atomic E-state index is 13.6. The summed E-state index contributed by atoms with van der Waals surface area (Å²) < 4.78 is 5.35. The van der Waals surface area contributed by atoms with Gasteiger partial charge in [0.1, 0.15) is 11.6 Å². The van der Waals surface area contributed by atoms with Crippen molar-refractivity contribution in [3.8, 4) is 0 Å². The molecule has 0 saturated carbocycles. The van der Waals surface area contributed by atoms with E-state index in [-0.39, 0.29) is 19.3 Å². The molecular weight excluding hydrogens is 580 g/mol. The lowest BCUT2D eigenvalue weighted by Gasteiger charge is -2.28. The average molecular weight is 617 g/mol. The molecule has 45 heavy (non-hydrogen) atoms. The Balaban J connectivity index is 0.000000468. The van der Waals surface area contributed by atoms with Crippen molar-refractivity contribution in [3.05, 3.63) is 102 Å². The maximum absolute atomic E-state index is 13.6. The lowest BCUT2D eigenvalue weighted by atomic mass is 10.0. The van der Waals surface area contributed by atoms with Gasteiger partial charge in [0.15, 0.2) is 0 Å². The number of para-hydroxylation sites is 1. The number of aromatic amines is 1. The van der Waals surface area contributed by atoms with E-state index in [4.69, 9.17) is 15.7 Å². The summed E-state index contributed by atoms with van der Waals surface area (Å²) in [6.07, 6.45) is 3.58. The Morgan fingerprint density at radius 3 is 2.24 bits per heavy atom. The van der Waals surface area contributed by atoms with Crippen LogP contribution in [0.15, 0.2) is 85.3 Å². The molecule has 0 fully saturated rings. The Kier molecular flexibility index (Phi) is 11.9. The first kappa shape index (κ1) is 33.9. The number of carboxylic acids is 1. The fourth-order valence-electron chi connectivity index (χ4n) is 4.23. The lowest BCUT2D eigenvalue weighted by molar-refractivity contribution is -0.144. The third-order valence-electron chi connectivity index (χ3n) is 6.16. The number of nitrogens with zero attached hydrogens (tertiary/aromatic N) is 2. The number of carbonyl (C=O) groups excluding carboxylic acids is 4. The number of pyridine rings is 1. The number of hydrogen-bond donors (Lipinski definition) is 5. The molecule has 1 atom stereocenters. The van der Waals surface area contributed by atoms with Gasteiger partial charge >= 0.3 is 18.1 Å². The Morgan fingerprint density at radius 2 is 1.62 bits per heavy atom. The van der Waals surface area contributed by atoms with Crippen molar-refractivity contribution < 1.29 is 33.8 Å². The van der Waals surface area contributed by atoms with Gasteiger partial charge in [0, 0.05) is 35.9 Å². The number of benzene rings is 2. The van der Waals surface area contributed by atoms with E-state index in [1.54, 1.807) is 81.8 Å². The first-order chi connectivity index (χ1) is 21.4. The highest BCUT2D eigenvalue weighted by molar-refractivity contribution is 6.11. The molecule has 0 aliphatic carbocycles. The molecule has 0 spiro atoms. The van der Waals surface area contributed by atoms with Gasteiger partial charge in [0.25, 0.3) is 5.91 Å². The summed E-state index contributed by atoms with van der Waals surface area (Å²) in [4.78, 5) is 69.4. The number of rotatable bonds is 8. The number of urea groups is 1. The minimum absolute atomic E-state index is 0.00577. The third kappa shape index (κ3) is 10.6. The van der Waals surface area contributed by atoms with E-state index in [0.29, 0.717) is 16.0 Å². The standard InChI is InChI=1S/C25H29N5O5.C7H7NO2/c1-25(2,3)35-24(34)30(21(31)13-16-9-5-4-6-10-16)22(32)20(28-23(33)29-26)14-17-15-27-19-12-8-7-11-18(17)19;9-7(10)4-6-2-1-3-8-5-6/h4-12,15,20,27H,13-14,26H2,1-3H3,(H2,28,29,33);1-3,5H,4H2,(H,9,10)/t20-;/m1./s1. The Morgan fingerprint density at radius 1 is 0.956 bits per heavy atom. The molecule has 0 aliphatic heterocycles. The van der Waals surface area contributed by atoms with Crippen LogP contribution < -0.4 is 16.6 Å². The largest absolute Gasteiger partial charge is 0.481 e. The van der Waals surface area contributed by atoms with Crippen LogP contribution in [0, 0.1) is 0 Å². The molecule has 2 heterocycles. The number of imide groups is 3. The molecule has 0 radical (unpaired) electrons. The van der Waals surface area contributed by atoms with Crippen LogP contribution in [0.5, 0.6) is 0 Å². The van der Waals surface area contributed by atoms with Gasteiger partial charge in [-0.3, -0.25) is 24.8 Å². The molecule has 236 valence electrons. The fraction of sp³-hybridized carbons (Fsp3) is 0.250. The normalized spacial score (nSPS) is 11.4. The molecule has 2 aromatic heterocycles. The molecular formula is C32H36N6O7. The predicted octanol–water partition coefficient (Wildman–Crippen LogP) is 3.49. The van der Waals surface area contributed by atoms with E-state index < -0.39 is 41.6 Å². The van der Waals surface area contributed by atoms with E-state index in [1.807, 2.05) is 29.7 Å². The van der Waals surface area contributed by atoms with Crippen LogP contribution in [0.4, 0.5) is 9.59 Å². The van der Waals surface area contributed by atoms with Gasteiger partial charge in [-0.15, -0.1) is 0 Å². The van der Waals surface area contributed by atoms with Crippen LogP contribution in [0.25, 0.3) is 10.9 Å². The first-order valence-electron chi connectivity index (χ1n) is 13.9. The second-order valence-corrected chi connectivity index (χ2v) is 10.9. The summed E-state index contributed by atoms with van der Waals surface area (Å²) >= 11 is 0. The van der Waals surface area contributed by atoms with Crippen molar-refractivity contribution in [3.63, 3.8) is 0 Å². The number of nitrogens with two attached hydrogens (primary N) is 1. The van der Waals surface area contributed by atoms with E-state index in [2.05, 4.69) is 15.3 Å². The number of fused-ring (bicyclic) bond motifs is 1. The minimum atomic E-state index is -1.29. The van der Waals surface area contributed by atoms with Gasteiger partial charge in [-0.1, -0.05) is 54.6 Å². The summed E-state index contributed by atoms with van der Waals surface area (Å²) in [6.45, 7) is 4.87. The topological polar surface area (TPSA) is 197 Å². The smallest absolute Gasteiger partial charge is 0.424 e.